The molecular weight excluding hydrogens is 225 g/mol. The highest BCUT2D eigenvalue weighted by Crippen LogP contribution is 2.53. The molecule has 16 heavy (non-hydrogen) atoms. The second kappa shape index (κ2) is 6.75. The Balaban J connectivity index is 4.70. The molecule has 0 spiro atoms. The van der Waals surface area contributed by atoms with Gasteiger partial charge in [0.25, 0.3) is 0 Å². The molecule has 98 valence electrons. The molecule has 0 aromatic rings. The third kappa shape index (κ3) is 6.00. The minimum absolute atomic E-state index is 0.110. The molecule has 0 saturated carbocycles. The highest BCUT2D eigenvalue weighted by molar-refractivity contribution is 7.54. The van der Waals surface area contributed by atoms with Crippen molar-refractivity contribution in [2.24, 2.45) is 5.92 Å². The average molecular weight is 252 g/mol. The van der Waals surface area contributed by atoms with E-state index in [0.717, 1.165) is 6.42 Å². The molecule has 0 amide bonds. The fraction of sp³-hybridized carbons (Fsp3) is 1.00. The van der Waals surface area contributed by atoms with Gasteiger partial charge in [-0.1, -0.05) is 13.8 Å². The summed E-state index contributed by atoms with van der Waals surface area (Å²) in [7, 11) is -3.09. The number of rotatable bonds is 7. The van der Waals surface area contributed by atoms with Crippen molar-refractivity contribution in [3.05, 3.63) is 0 Å². The summed E-state index contributed by atoms with van der Waals surface area (Å²) in [5.41, 5.74) is 3.94. The van der Waals surface area contributed by atoms with E-state index in [0.29, 0.717) is 5.92 Å². The lowest BCUT2D eigenvalue weighted by Crippen LogP contribution is -2.61. The minimum atomic E-state index is -3.09. The van der Waals surface area contributed by atoms with E-state index in [4.69, 9.17) is 9.05 Å². The monoisotopic (exact) mass is 252 g/mol. The van der Waals surface area contributed by atoms with Crippen molar-refractivity contribution in [3.63, 3.8) is 0 Å². The van der Waals surface area contributed by atoms with Gasteiger partial charge in [-0.3, -0.25) is 4.57 Å². The van der Waals surface area contributed by atoms with Gasteiger partial charge in [0.1, 0.15) is 0 Å². The van der Waals surface area contributed by atoms with Gasteiger partial charge in [-0.2, -0.15) is 0 Å². The van der Waals surface area contributed by atoms with Crippen LogP contribution in [0.15, 0.2) is 0 Å². The molecule has 0 aliphatic heterocycles. The maximum Gasteiger partial charge on any atom is 0.387 e. The predicted octanol–water partition coefficient (Wildman–Crippen LogP) is 2.64. The Morgan fingerprint density at radius 3 is 1.62 bits per heavy atom. The highest BCUT2D eigenvalue weighted by atomic mass is 31.2. The molecule has 0 saturated heterocycles. The van der Waals surface area contributed by atoms with E-state index in [1.165, 1.54) is 0 Å². The molecule has 0 bridgehead atoms. The molecule has 0 unspecified atom stereocenters. The van der Waals surface area contributed by atoms with Gasteiger partial charge in [0.15, 0.2) is 5.78 Å². The lowest BCUT2D eigenvalue weighted by molar-refractivity contribution is -0.397. The van der Waals surface area contributed by atoms with E-state index in [1.807, 2.05) is 27.7 Å². The maximum atomic E-state index is 12.6. The molecule has 0 aromatic carbocycles. The van der Waals surface area contributed by atoms with Gasteiger partial charge in [-0.25, -0.2) is 0 Å². The fourth-order valence-corrected chi connectivity index (χ4v) is 3.71. The van der Waals surface area contributed by atoms with Crippen molar-refractivity contribution in [1.82, 2.24) is 0 Å². The summed E-state index contributed by atoms with van der Waals surface area (Å²) in [5, 5.41) is 0. The van der Waals surface area contributed by atoms with Crippen LogP contribution >= 0.6 is 7.60 Å². The first kappa shape index (κ1) is 16.1. The second-order valence-electron chi connectivity index (χ2n) is 5.13. The van der Waals surface area contributed by atoms with Crippen LogP contribution in [0.4, 0.5) is 0 Å². The van der Waals surface area contributed by atoms with Crippen molar-refractivity contribution in [2.45, 2.75) is 66.0 Å². The summed E-state index contributed by atoms with van der Waals surface area (Å²) in [4.78, 5) is 0. The standard InChI is InChI=1S/C11H26NO3P/c1-8(2)7-11(12)16(13,14-9(3)4)15-10(5)6/h8-11H,7,12H2,1-6H3/p+1/t11-/m0/s1. The van der Waals surface area contributed by atoms with Gasteiger partial charge in [0.2, 0.25) is 0 Å². The van der Waals surface area contributed by atoms with Gasteiger partial charge in [0, 0.05) is 6.42 Å². The zero-order valence-electron chi connectivity index (χ0n) is 11.4. The summed E-state index contributed by atoms with van der Waals surface area (Å²) < 4.78 is 23.5. The molecule has 0 heterocycles. The maximum absolute atomic E-state index is 12.6. The summed E-state index contributed by atoms with van der Waals surface area (Å²) in [5.74, 6) is 0.139. The number of hydrogen-bond acceptors (Lipinski definition) is 3. The van der Waals surface area contributed by atoms with Crippen LogP contribution in [0.1, 0.15) is 48.0 Å². The van der Waals surface area contributed by atoms with Crippen molar-refractivity contribution in [1.29, 1.82) is 0 Å². The van der Waals surface area contributed by atoms with E-state index < -0.39 is 7.60 Å². The fourth-order valence-electron chi connectivity index (χ4n) is 1.46. The van der Waals surface area contributed by atoms with E-state index in [9.17, 15) is 4.57 Å². The SMILES string of the molecule is CC(C)C[C@@H]([NH3+])P(=O)(OC(C)C)OC(C)C. The Kier molecular flexibility index (Phi) is 6.80. The summed E-state index contributed by atoms with van der Waals surface area (Å²) in [6, 6.07) is 0. The Morgan fingerprint density at radius 2 is 1.38 bits per heavy atom. The topological polar surface area (TPSA) is 63.2 Å². The first-order chi connectivity index (χ1) is 7.17. The smallest absolute Gasteiger partial charge is 0.345 e. The van der Waals surface area contributed by atoms with Crippen LogP contribution in [-0.2, 0) is 13.6 Å². The van der Waals surface area contributed by atoms with Crippen LogP contribution in [0.3, 0.4) is 0 Å². The summed E-state index contributed by atoms with van der Waals surface area (Å²) in [6.07, 6.45) is 0.526. The van der Waals surface area contributed by atoms with E-state index in [1.54, 1.807) is 0 Å². The quantitative estimate of drug-likeness (QED) is 0.708. The van der Waals surface area contributed by atoms with Crippen LogP contribution in [0.25, 0.3) is 0 Å². The molecule has 0 rings (SSSR count). The van der Waals surface area contributed by atoms with Gasteiger partial charge >= 0.3 is 7.60 Å². The van der Waals surface area contributed by atoms with Gasteiger partial charge < -0.3 is 14.8 Å². The lowest BCUT2D eigenvalue weighted by Gasteiger charge is -2.26. The molecular formula is C11H27NO3P+. The predicted molar refractivity (Wildman–Crippen MR) is 66.2 cm³/mol. The third-order valence-corrected chi connectivity index (χ3v) is 4.44. The molecule has 4 nitrogen and oxygen atoms in total. The molecule has 0 aliphatic rings. The Morgan fingerprint density at radius 1 is 1.00 bits per heavy atom. The third-order valence-electron chi connectivity index (χ3n) is 1.91. The van der Waals surface area contributed by atoms with E-state index in [2.05, 4.69) is 19.6 Å². The van der Waals surface area contributed by atoms with Gasteiger partial charge in [-0.15, -0.1) is 0 Å². The van der Waals surface area contributed by atoms with Crippen molar-refractivity contribution < 1.29 is 19.3 Å². The van der Waals surface area contributed by atoms with E-state index in [-0.39, 0.29) is 18.0 Å². The largest absolute Gasteiger partial charge is 0.387 e. The molecule has 5 heteroatoms. The number of hydrogen-bond donors (Lipinski definition) is 1. The summed E-state index contributed by atoms with van der Waals surface area (Å²) >= 11 is 0. The highest BCUT2D eigenvalue weighted by Gasteiger charge is 2.38. The summed E-state index contributed by atoms with van der Waals surface area (Å²) in [6.45, 7) is 11.6. The molecule has 0 radical (unpaired) electrons. The van der Waals surface area contributed by atoms with Gasteiger partial charge in [-0.05, 0) is 33.6 Å². The van der Waals surface area contributed by atoms with Crippen molar-refractivity contribution in [2.75, 3.05) is 0 Å². The van der Waals surface area contributed by atoms with Crippen LogP contribution < -0.4 is 5.73 Å². The average Bonchev–Trinajstić information content (AvgIpc) is 1.98. The Labute approximate surface area is 99.4 Å². The van der Waals surface area contributed by atoms with Gasteiger partial charge in [0.05, 0.1) is 12.2 Å². The van der Waals surface area contributed by atoms with Crippen LogP contribution in [-0.4, -0.2) is 18.0 Å². The zero-order valence-corrected chi connectivity index (χ0v) is 12.3. The molecule has 0 aliphatic carbocycles. The second-order valence-corrected chi connectivity index (χ2v) is 7.36. The first-order valence-electron chi connectivity index (χ1n) is 5.97. The molecule has 3 N–H and O–H groups in total. The van der Waals surface area contributed by atoms with Crippen LogP contribution in [0.5, 0.6) is 0 Å². The van der Waals surface area contributed by atoms with Crippen molar-refractivity contribution in [3.8, 4) is 0 Å². The van der Waals surface area contributed by atoms with Crippen LogP contribution in [0, 0.1) is 5.92 Å². The Hall–Kier alpha value is 0.110. The zero-order chi connectivity index (χ0) is 12.9. The molecule has 1 atom stereocenters. The minimum Gasteiger partial charge on any atom is -0.345 e. The van der Waals surface area contributed by atoms with Crippen LogP contribution in [0.2, 0.25) is 0 Å². The number of quaternary nitrogens is 1. The lowest BCUT2D eigenvalue weighted by atomic mass is 10.1. The van der Waals surface area contributed by atoms with Crippen molar-refractivity contribution >= 4 is 7.60 Å². The molecule has 0 fully saturated rings. The van der Waals surface area contributed by atoms with E-state index >= 15 is 0 Å². The molecule has 0 aromatic heterocycles. The normalized spacial score (nSPS) is 15.1. The first-order valence-corrected chi connectivity index (χ1v) is 7.58. The Bertz CT molecular complexity index is 227.